The van der Waals surface area contributed by atoms with E-state index in [1.807, 2.05) is 0 Å². The zero-order valence-corrected chi connectivity index (χ0v) is 14.3. The predicted octanol–water partition coefficient (Wildman–Crippen LogP) is 3.56. The summed E-state index contributed by atoms with van der Waals surface area (Å²) in [5, 5.41) is 9.09. The normalized spacial score (nSPS) is 11.2. The lowest BCUT2D eigenvalue weighted by Gasteiger charge is -2.12. The molecule has 0 aliphatic rings. The highest BCUT2D eigenvalue weighted by molar-refractivity contribution is 9.10. The molecule has 0 aromatic heterocycles. The van der Waals surface area contributed by atoms with E-state index in [1.54, 1.807) is 26.0 Å². The van der Waals surface area contributed by atoms with Gasteiger partial charge in [0.2, 0.25) is 0 Å². The van der Waals surface area contributed by atoms with E-state index >= 15 is 0 Å². The van der Waals surface area contributed by atoms with E-state index in [0.29, 0.717) is 5.56 Å². The lowest BCUT2D eigenvalue weighted by atomic mass is 10.1. The van der Waals surface area contributed by atoms with Gasteiger partial charge in [0.05, 0.1) is 16.1 Å². The number of carbonyl (C=O) groups is 1. The third kappa shape index (κ3) is 3.31. The van der Waals surface area contributed by atoms with Crippen molar-refractivity contribution in [3.63, 3.8) is 0 Å². The molecule has 0 aliphatic heterocycles. The van der Waals surface area contributed by atoms with Crippen molar-refractivity contribution in [1.29, 1.82) is 0 Å². The second-order valence-electron chi connectivity index (χ2n) is 4.80. The van der Waals surface area contributed by atoms with Crippen LogP contribution in [0.15, 0.2) is 45.8 Å². The Balaban J connectivity index is 2.43. The molecule has 0 fully saturated rings. The van der Waals surface area contributed by atoms with Crippen molar-refractivity contribution >= 4 is 37.6 Å². The van der Waals surface area contributed by atoms with Crippen LogP contribution in [0.25, 0.3) is 0 Å². The van der Waals surface area contributed by atoms with Crippen LogP contribution in [-0.4, -0.2) is 19.5 Å². The molecule has 116 valence electrons. The van der Waals surface area contributed by atoms with Crippen LogP contribution in [0.4, 0.5) is 5.69 Å². The summed E-state index contributed by atoms with van der Waals surface area (Å²) in [5.41, 5.74) is 1.47. The average molecular weight is 384 g/mol. The van der Waals surface area contributed by atoms with Crippen molar-refractivity contribution in [3.8, 4) is 0 Å². The SMILES string of the molecule is Cc1cc(S(=O)(=O)Nc2cccc(C(=O)O)c2C)ccc1Br. The number of aryl methyl sites for hydroxylation is 1. The van der Waals surface area contributed by atoms with Crippen molar-refractivity contribution in [2.75, 3.05) is 4.72 Å². The van der Waals surface area contributed by atoms with Crippen molar-refractivity contribution in [2.45, 2.75) is 18.7 Å². The third-order valence-corrected chi connectivity index (χ3v) is 5.50. The Hall–Kier alpha value is -1.86. The van der Waals surface area contributed by atoms with Gasteiger partial charge in [-0.1, -0.05) is 22.0 Å². The van der Waals surface area contributed by atoms with Gasteiger partial charge in [-0.15, -0.1) is 0 Å². The van der Waals surface area contributed by atoms with Crippen LogP contribution in [0.1, 0.15) is 21.5 Å². The standard InChI is InChI=1S/C15H14BrNO4S/c1-9-8-11(6-7-13(9)16)22(20,21)17-14-5-3-4-12(10(14)2)15(18)19/h3-8,17H,1-2H3,(H,18,19). The first-order chi connectivity index (χ1) is 10.2. The maximum atomic E-state index is 12.4. The Morgan fingerprint density at radius 2 is 1.86 bits per heavy atom. The minimum atomic E-state index is -3.78. The molecule has 2 rings (SSSR count). The average Bonchev–Trinajstić information content (AvgIpc) is 2.43. The monoisotopic (exact) mass is 383 g/mol. The number of hydrogen-bond acceptors (Lipinski definition) is 3. The zero-order valence-electron chi connectivity index (χ0n) is 11.9. The predicted molar refractivity (Wildman–Crippen MR) is 87.8 cm³/mol. The third-order valence-electron chi connectivity index (χ3n) is 3.25. The van der Waals surface area contributed by atoms with Crippen molar-refractivity contribution < 1.29 is 18.3 Å². The molecular weight excluding hydrogens is 370 g/mol. The molecule has 0 saturated carbocycles. The molecular formula is C15H14BrNO4S. The Morgan fingerprint density at radius 3 is 2.45 bits per heavy atom. The Labute approximate surface area is 137 Å². The molecule has 0 atom stereocenters. The summed E-state index contributed by atoms with van der Waals surface area (Å²) < 4.78 is 28.1. The van der Waals surface area contributed by atoms with Crippen LogP contribution in [0.2, 0.25) is 0 Å². The first-order valence-corrected chi connectivity index (χ1v) is 8.62. The Kier molecular flexibility index (Phi) is 4.58. The fourth-order valence-electron chi connectivity index (χ4n) is 1.97. The summed E-state index contributed by atoms with van der Waals surface area (Å²) in [6.45, 7) is 3.35. The van der Waals surface area contributed by atoms with Gasteiger partial charge in [0.25, 0.3) is 10.0 Å². The van der Waals surface area contributed by atoms with Gasteiger partial charge < -0.3 is 5.11 Å². The second kappa shape index (κ2) is 6.10. The largest absolute Gasteiger partial charge is 0.478 e. The summed E-state index contributed by atoms with van der Waals surface area (Å²) in [5.74, 6) is -1.10. The summed E-state index contributed by atoms with van der Waals surface area (Å²) in [6.07, 6.45) is 0. The molecule has 0 amide bonds. The van der Waals surface area contributed by atoms with Gasteiger partial charge in [-0.2, -0.15) is 0 Å². The smallest absolute Gasteiger partial charge is 0.336 e. The van der Waals surface area contributed by atoms with Gasteiger partial charge in [-0.3, -0.25) is 4.72 Å². The summed E-state index contributed by atoms with van der Waals surface area (Å²) in [7, 11) is -3.78. The molecule has 0 spiro atoms. The molecule has 22 heavy (non-hydrogen) atoms. The summed E-state index contributed by atoms with van der Waals surface area (Å²) >= 11 is 3.32. The lowest BCUT2D eigenvalue weighted by molar-refractivity contribution is 0.0696. The number of hydrogen-bond donors (Lipinski definition) is 2. The van der Waals surface area contributed by atoms with Crippen molar-refractivity contribution in [1.82, 2.24) is 0 Å². The van der Waals surface area contributed by atoms with Crippen LogP contribution >= 0.6 is 15.9 Å². The van der Waals surface area contributed by atoms with Gasteiger partial charge in [0, 0.05) is 4.47 Å². The second-order valence-corrected chi connectivity index (χ2v) is 7.34. The number of aromatic carboxylic acids is 1. The highest BCUT2D eigenvalue weighted by Gasteiger charge is 2.18. The number of rotatable bonds is 4. The van der Waals surface area contributed by atoms with Crippen LogP contribution in [0.3, 0.4) is 0 Å². The van der Waals surface area contributed by atoms with E-state index in [1.165, 1.54) is 24.3 Å². The highest BCUT2D eigenvalue weighted by atomic mass is 79.9. The molecule has 0 bridgehead atoms. The molecule has 2 aromatic rings. The van der Waals surface area contributed by atoms with E-state index in [4.69, 9.17) is 5.11 Å². The van der Waals surface area contributed by atoms with Crippen molar-refractivity contribution in [3.05, 3.63) is 57.6 Å². The van der Waals surface area contributed by atoms with E-state index < -0.39 is 16.0 Å². The number of carboxylic acids is 1. The molecule has 2 N–H and O–H groups in total. The number of carboxylic acid groups (broad SMARTS) is 1. The Morgan fingerprint density at radius 1 is 1.18 bits per heavy atom. The maximum absolute atomic E-state index is 12.4. The van der Waals surface area contributed by atoms with Crippen LogP contribution in [0, 0.1) is 13.8 Å². The first kappa shape index (κ1) is 16.5. The number of anilines is 1. The molecule has 0 radical (unpaired) electrons. The topological polar surface area (TPSA) is 83.5 Å². The first-order valence-electron chi connectivity index (χ1n) is 6.34. The van der Waals surface area contributed by atoms with Gasteiger partial charge in [-0.05, 0) is 55.3 Å². The summed E-state index contributed by atoms with van der Waals surface area (Å²) in [6, 6.07) is 9.15. The van der Waals surface area contributed by atoms with E-state index in [-0.39, 0.29) is 16.1 Å². The minimum Gasteiger partial charge on any atom is -0.478 e. The van der Waals surface area contributed by atoms with Crippen molar-refractivity contribution in [2.24, 2.45) is 0 Å². The number of benzene rings is 2. The van der Waals surface area contributed by atoms with Gasteiger partial charge >= 0.3 is 5.97 Å². The molecule has 0 aliphatic carbocycles. The molecule has 5 nitrogen and oxygen atoms in total. The maximum Gasteiger partial charge on any atom is 0.336 e. The number of halogens is 1. The van der Waals surface area contributed by atoms with Gasteiger partial charge in [0.1, 0.15) is 0 Å². The minimum absolute atomic E-state index is 0.0622. The fraction of sp³-hybridized carbons (Fsp3) is 0.133. The van der Waals surface area contributed by atoms with Gasteiger partial charge in [0.15, 0.2) is 0 Å². The lowest BCUT2D eigenvalue weighted by Crippen LogP contribution is -2.15. The molecule has 2 aromatic carbocycles. The zero-order chi connectivity index (χ0) is 16.5. The van der Waals surface area contributed by atoms with E-state index in [0.717, 1.165) is 10.0 Å². The highest BCUT2D eigenvalue weighted by Crippen LogP contribution is 2.25. The quantitative estimate of drug-likeness (QED) is 0.844. The van der Waals surface area contributed by atoms with E-state index in [9.17, 15) is 13.2 Å². The molecule has 0 heterocycles. The summed E-state index contributed by atoms with van der Waals surface area (Å²) in [4.78, 5) is 11.2. The molecule has 0 saturated heterocycles. The van der Waals surface area contributed by atoms with Crippen LogP contribution < -0.4 is 4.72 Å². The molecule has 0 unspecified atom stereocenters. The fourth-order valence-corrected chi connectivity index (χ4v) is 3.42. The van der Waals surface area contributed by atoms with Crippen LogP contribution in [-0.2, 0) is 10.0 Å². The van der Waals surface area contributed by atoms with E-state index in [2.05, 4.69) is 20.7 Å². The number of nitrogens with one attached hydrogen (secondary N) is 1. The molecule has 7 heteroatoms. The van der Waals surface area contributed by atoms with Gasteiger partial charge in [-0.25, -0.2) is 13.2 Å². The Bertz CT molecular complexity index is 847. The number of sulfonamides is 1. The van der Waals surface area contributed by atoms with Crippen LogP contribution in [0.5, 0.6) is 0 Å².